The Morgan fingerprint density at radius 1 is 0.900 bits per heavy atom. The van der Waals surface area contributed by atoms with E-state index in [-0.39, 0.29) is 25.8 Å². The second kappa shape index (κ2) is 7.69. The van der Waals surface area contributed by atoms with Crippen LogP contribution in [-0.4, -0.2) is 10.9 Å². The first kappa shape index (κ1) is 18.6. The van der Waals surface area contributed by atoms with E-state index in [9.17, 15) is 5.11 Å². The van der Waals surface area contributed by atoms with Gasteiger partial charge in [0.1, 0.15) is 10.0 Å². The van der Waals surface area contributed by atoms with E-state index >= 15 is 0 Å². The van der Waals surface area contributed by atoms with Gasteiger partial charge in [0.25, 0.3) is 0 Å². The Bertz CT molecular complexity index is 462. The molecular weight excluding hydrogens is 358 g/mol. The minimum atomic E-state index is -0.267. The summed E-state index contributed by atoms with van der Waals surface area (Å²) in [6.45, 7) is 8.85. The molecule has 0 amide bonds. The molecule has 0 saturated heterocycles. The maximum absolute atomic E-state index is 9.69. The summed E-state index contributed by atoms with van der Waals surface area (Å²) >= 11 is 25.7. The highest BCUT2D eigenvalue weighted by atomic mass is 35.5. The van der Waals surface area contributed by atoms with Crippen molar-refractivity contribution in [1.29, 1.82) is 0 Å². The Balaban J connectivity index is 2.94. The van der Waals surface area contributed by atoms with Crippen LogP contribution in [0.5, 0.6) is 5.75 Å². The molecule has 1 rings (SSSR count). The van der Waals surface area contributed by atoms with Gasteiger partial charge in [-0.3, -0.25) is 0 Å². The summed E-state index contributed by atoms with van der Waals surface area (Å²) in [5, 5.41) is 10.3. The summed E-state index contributed by atoms with van der Waals surface area (Å²) in [4.78, 5) is 0.629. The molecule has 1 aromatic rings. The fraction of sp³-hybridized carbons (Fsp3) is 0.571. The average Bonchev–Trinajstić information content (AvgIpc) is 2.41. The van der Waals surface area contributed by atoms with Gasteiger partial charge in [0.05, 0.1) is 10.0 Å². The number of phenols is 1. The number of hydrogen-bond donors (Lipinski definition) is 1. The zero-order valence-corrected chi connectivity index (χ0v) is 15.6. The third-order valence-corrected chi connectivity index (χ3v) is 6.94. The van der Waals surface area contributed by atoms with Crippen LogP contribution in [0.25, 0.3) is 0 Å². The fourth-order valence-electron chi connectivity index (χ4n) is 1.75. The molecule has 0 aromatic heterocycles. The molecule has 0 saturated carbocycles. The van der Waals surface area contributed by atoms with E-state index in [2.05, 4.69) is 27.7 Å². The van der Waals surface area contributed by atoms with Crippen molar-refractivity contribution in [2.24, 2.45) is 17.8 Å². The van der Waals surface area contributed by atoms with Crippen molar-refractivity contribution in [2.75, 3.05) is 5.75 Å². The van der Waals surface area contributed by atoms with Crippen molar-refractivity contribution in [2.45, 2.75) is 32.6 Å². The molecule has 0 bridgehead atoms. The van der Waals surface area contributed by atoms with Crippen LogP contribution < -0.4 is 0 Å². The predicted octanol–water partition coefficient (Wildman–Crippen LogP) is 7.03. The van der Waals surface area contributed by atoms with E-state index < -0.39 is 0 Å². The quantitative estimate of drug-likeness (QED) is 0.440. The second-order valence-electron chi connectivity index (χ2n) is 5.33. The van der Waals surface area contributed by atoms with Crippen LogP contribution >= 0.6 is 58.2 Å². The van der Waals surface area contributed by atoms with Crippen LogP contribution in [0, 0.1) is 17.8 Å². The van der Waals surface area contributed by atoms with Crippen molar-refractivity contribution in [1.82, 2.24) is 0 Å². The van der Waals surface area contributed by atoms with Gasteiger partial charge >= 0.3 is 0 Å². The molecule has 0 fully saturated rings. The highest BCUT2D eigenvalue weighted by Gasteiger charge is 2.22. The molecule has 1 N–H and O–H groups in total. The minimum absolute atomic E-state index is 0.0492. The number of aromatic hydroxyl groups is 1. The molecule has 0 heterocycles. The molecule has 20 heavy (non-hydrogen) atoms. The van der Waals surface area contributed by atoms with Crippen molar-refractivity contribution >= 4 is 58.2 Å². The molecule has 1 aromatic carbocycles. The van der Waals surface area contributed by atoms with Crippen LogP contribution in [0.2, 0.25) is 20.1 Å². The summed E-state index contributed by atoms with van der Waals surface area (Å²) in [5.41, 5.74) is 0. The van der Waals surface area contributed by atoms with E-state index in [1.807, 2.05) is 0 Å². The first-order valence-electron chi connectivity index (χ1n) is 6.36. The fourth-order valence-corrected chi connectivity index (χ4v) is 4.22. The molecule has 6 heteroatoms. The van der Waals surface area contributed by atoms with Gasteiger partial charge in [-0.1, -0.05) is 74.1 Å². The Morgan fingerprint density at radius 3 is 1.75 bits per heavy atom. The summed E-state index contributed by atoms with van der Waals surface area (Å²) in [5.74, 6) is 2.29. The van der Waals surface area contributed by atoms with E-state index in [0.717, 1.165) is 5.75 Å². The lowest BCUT2D eigenvalue weighted by molar-refractivity contribution is 0.320. The highest BCUT2D eigenvalue weighted by Crippen LogP contribution is 2.49. The maximum Gasteiger partial charge on any atom is 0.155 e. The summed E-state index contributed by atoms with van der Waals surface area (Å²) in [7, 11) is 0. The zero-order valence-electron chi connectivity index (χ0n) is 11.8. The summed E-state index contributed by atoms with van der Waals surface area (Å²) < 4.78 is 0. The molecule has 0 spiro atoms. The predicted molar refractivity (Wildman–Crippen MR) is 92.0 cm³/mol. The first-order valence-corrected chi connectivity index (χ1v) is 8.85. The average molecular weight is 376 g/mol. The SMILES string of the molecule is CC(C)C(C)C(C)CSc1c(Cl)c(Cl)c(O)c(Cl)c1Cl. The highest BCUT2D eigenvalue weighted by molar-refractivity contribution is 7.99. The Hall–Kier alpha value is 0.530. The molecule has 2 atom stereocenters. The number of hydrogen-bond acceptors (Lipinski definition) is 2. The van der Waals surface area contributed by atoms with Gasteiger partial charge in [0.15, 0.2) is 5.75 Å². The van der Waals surface area contributed by atoms with E-state index in [4.69, 9.17) is 46.4 Å². The molecule has 0 radical (unpaired) electrons. The molecule has 0 aliphatic heterocycles. The minimum Gasteiger partial charge on any atom is -0.505 e. The van der Waals surface area contributed by atoms with Crippen LogP contribution in [0.3, 0.4) is 0 Å². The summed E-state index contributed by atoms with van der Waals surface area (Å²) in [6.07, 6.45) is 0. The van der Waals surface area contributed by atoms with Gasteiger partial charge in [-0.2, -0.15) is 0 Å². The molecular formula is C14H18Cl4OS. The van der Waals surface area contributed by atoms with Crippen LogP contribution in [-0.2, 0) is 0 Å². The molecule has 114 valence electrons. The molecule has 0 aliphatic carbocycles. The second-order valence-corrected chi connectivity index (χ2v) is 7.87. The van der Waals surface area contributed by atoms with Crippen LogP contribution in [0.4, 0.5) is 0 Å². The van der Waals surface area contributed by atoms with Crippen LogP contribution in [0.15, 0.2) is 4.90 Å². The van der Waals surface area contributed by atoms with Crippen molar-refractivity contribution < 1.29 is 5.11 Å². The van der Waals surface area contributed by atoms with E-state index in [0.29, 0.717) is 22.6 Å². The number of thioether (sulfide) groups is 1. The van der Waals surface area contributed by atoms with Gasteiger partial charge in [0, 0.05) is 10.6 Å². The molecule has 1 nitrogen and oxygen atoms in total. The Labute approximate surface area is 144 Å². The van der Waals surface area contributed by atoms with Gasteiger partial charge in [0.2, 0.25) is 0 Å². The Kier molecular flexibility index (Phi) is 7.14. The van der Waals surface area contributed by atoms with Crippen molar-refractivity contribution in [3.05, 3.63) is 20.1 Å². The number of benzene rings is 1. The number of phenolic OH excluding ortho intramolecular Hbond substituents is 1. The van der Waals surface area contributed by atoms with Crippen molar-refractivity contribution in [3.8, 4) is 5.75 Å². The normalized spacial score (nSPS) is 14.7. The monoisotopic (exact) mass is 374 g/mol. The summed E-state index contributed by atoms with van der Waals surface area (Å²) in [6, 6.07) is 0. The lowest BCUT2D eigenvalue weighted by Gasteiger charge is -2.23. The first-order chi connectivity index (χ1) is 9.18. The molecule has 0 aliphatic rings. The van der Waals surface area contributed by atoms with E-state index in [1.54, 1.807) is 0 Å². The lowest BCUT2D eigenvalue weighted by Crippen LogP contribution is -2.16. The standard InChI is InChI=1S/C14H18Cl4OS/c1-6(2)8(4)7(3)5-20-14-11(17)9(15)13(19)10(16)12(14)18/h6-8,19H,5H2,1-4H3. The smallest absolute Gasteiger partial charge is 0.155 e. The van der Waals surface area contributed by atoms with Crippen molar-refractivity contribution in [3.63, 3.8) is 0 Å². The van der Waals surface area contributed by atoms with Gasteiger partial charge in [-0.05, 0) is 17.8 Å². The van der Waals surface area contributed by atoms with Gasteiger partial charge < -0.3 is 5.11 Å². The third-order valence-electron chi connectivity index (χ3n) is 3.64. The molecule has 2 unspecified atom stereocenters. The maximum atomic E-state index is 9.69. The zero-order chi connectivity index (χ0) is 15.6. The van der Waals surface area contributed by atoms with E-state index in [1.165, 1.54) is 11.8 Å². The van der Waals surface area contributed by atoms with Gasteiger partial charge in [-0.15, -0.1) is 11.8 Å². The van der Waals surface area contributed by atoms with Gasteiger partial charge in [-0.25, -0.2) is 0 Å². The largest absolute Gasteiger partial charge is 0.505 e. The topological polar surface area (TPSA) is 20.2 Å². The number of halogens is 4. The Morgan fingerprint density at radius 2 is 1.35 bits per heavy atom. The van der Waals surface area contributed by atoms with Crippen LogP contribution in [0.1, 0.15) is 27.7 Å². The lowest BCUT2D eigenvalue weighted by atomic mass is 9.87. The number of rotatable bonds is 5. The third kappa shape index (κ3) is 4.04.